The number of esters is 1. The van der Waals surface area contributed by atoms with Crippen LogP contribution in [0.15, 0.2) is 36.4 Å². The number of halogens is 1. The van der Waals surface area contributed by atoms with Crippen LogP contribution in [0, 0.1) is 14.9 Å². The lowest BCUT2D eigenvalue weighted by Crippen LogP contribution is -2.15. The van der Waals surface area contributed by atoms with Crippen molar-refractivity contribution in [3.8, 4) is 11.8 Å². The molecule has 0 fully saturated rings. The maximum atomic E-state index is 12.2. The van der Waals surface area contributed by atoms with Gasteiger partial charge < -0.3 is 14.8 Å². The standard InChI is InChI=1S/C20H21IN2O3/c1-3-14-9-16(20(25-4-2)18(21)10-14)11-19(24)26-13-23-17-7-5-15(12-22)6-8-17/h5-10,23H,3-4,11,13H2,1-2H3. The summed E-state index contributed by atoms with van der Waals surface area (Å²) < 4.78 is 12.0. The van der Waals surface area contributed by atoms with Crippen molar-refractivity contribution in [1.29, 1.82) is 5.26 Å². The van der Waals surface area contributed by atoms with Crippen molar-refractivity contribution < 1.29 is 14.3 Å². The molecule has 0 aliphatic heterocycles. The Morgan fingerprint density at radius 1 is 1.23 bits per heavy atom. The SMILES string of the molecule is CCOc1c(I)cc(CC)cc1CC(=O)OCNc1ccc(C#N)cc1. The molecule has 0 bridgehead atoms. The van der Waals surface area contributed by atoms with Gasteiger partial charge in [-0.15, -0.1) is 0 Å². The Balaban J connectivity index is 1.96. The van der Waals surface area contributed by atoms with E-state index in [9.17, 15) is 4.79 Å². The lowest BCUT2D eigenvalue weighted by molar-refractivity contribution is -0.142. The largest absolute Gasteiger partial charge is 0.492 e. The molecule has 2 rings (SSSR count). The van der Waals surface area contributed by atoms with Crippen LogP contribution in [0.4, 0.5) is 5.69 Å². The summed E-state index contributed by atoms with van der Waals surface area (Å²) in [5, 5.41) is 11.8. The number of carbonyl (C=O) groups is 1. The summed E-state index contributed by atoms with van der Waals surface area (Å²) in [7, 11) is 0. The molecule has 136 valence electrons. The minimum atomic E-state index is -0.323. The van der Waals surface area contributed by atoms with Crippen LogP contribution in [0.25, 0.3) is 0 Å². The molecule has 1 N–H and O–H groups in total. The van der Waals surface area contributed by atoms with Crippen LogP contribution in [0.1, 0.15) is 30.5 Å². The van der Waals surface area contributed by atoms with E-state index in [0.717, 1.165) is 32.6 Å². The summed E-state index contributed by atoms with van der Waals surface area (Å²) in [4.78, 5) is 12.2. The third-order valence-electron chi connectivity index (χ3n) is 3.74. The van der Waals surface area contributed by atoms with Crippen LogP contribution in [-0.4, -0.2) is 19.3 Å². The maximum Gasteiger partial charge on any atom is 0.312 e. The molecule has 0 heterocycles. The van der Waals surface area contributed by atoms with Crippen LogP contribution < -0.4 is 10.1 Å². The lowest BCUT2D eigenvalue weighted by Gasteiger charge is -2.14. The number of hydrogen-bond acceptors (Lipinski definition) is 5. The highest BCUT2D eigenvalue weighted by molar-refractivity contribution is 14.1. The quantitative estimate of drug-likeness (QED) is 0.359. The van der Waals surface area contributed by atoms with Crippen LogP contribution in [-0.2, 0) is 22.4 Å². The number of ether oxygens (including phenoxy) is 2. The van der Waals surface area contributed by atoms with Crippen LogP contribution in [0.5, 0.6) is 5.75 Å². The lowest BCUT2D eigenvalue weighted by atomic mass is 10.1. The topological polar surface area (TPSA) is 71.3 Å². The normalized spacial score (nSPS) is 10.1. The molecule has 0 amide bonds. The molecule has 0 aliphatic carbocycles. The maximum absolute atomic E-state index is 12.2. The Bertz CT molecular complexity index is 798. The van der Waals surface area contributed by atoms with Crippen molar-refractivity contribution in [2.75, 3.05) is 18.7 Å². The van der Waals surface area contributed by atoms with Gasteiger partial charge in [0.1, 0.15) is 5.75 Å². The second-order valence-electron chi connectivity index (χ2n) is 5.56. The summed E-state index contributed by atoms with van der Waals surface area (Å²) in [5.41, 5.74) is 3.38. The van der Waals surface area contributed by atoms with E-state index in [2.05, 4.69) is 47.0 Å². The van der Waals surface area contributed by atoms with Crippen LogP contribution in [0.3, 0.4) is 0 Å². The van der Waals surface area contributed by atoms with E-state index in [4.69, 9.17) is 14.7 Å². The Labute approximate surface area is 167 Å². The van der Waals surface area contributed by atoms with Crippen molar-refractivity contribution in [2.24, 2.45) is 0 Å². The smallest absolute Gasteiger partial charge is 0.312 e. The zero-order chi connectivity index (χ0) is 18.9. The summed E-state index contributed by atoms with van der Waals surface area (Å²) in [6, 6.07) is 13.1. The fourth-order valence-corrected chi connectivity index (χ4v) is 3.33. The number of benzene rings is 2. The van der Waals surface area contributed by atoms with Gasteiger partial charge in [0.25, 0.3) is 0 Å². The molecule has 5 nitrogen and oxygen atoms in total. The number of anilines is 1. The first-order valence-corrected chi connectivity index (χ1v) is 9.49. The minimum Gasteiger partial charge on any atom is -0.492 e. The molecule has 0 spiro atoms. The molecule has 0 saturated heterocycles. The van der Waals surface area contributed by atoms with E-state index in [1.54, 1.807) is 24.3 Å². The van der Waals surface area contributed by atoms with Crippen molar-refractivity contribution in [1.82, 2.24) is 0 Å². The number of nitriles is 1. The second kappa shape index (κ2) is 10.0. The second-order valence-corrected chi connectivity index (χ2v) is 6.72. The van der Waals surface area contributed by atoms with Gasteiger partial charge in [0.15, 0.2) is 6.73 Å². The van der Waals surface area contributed by atoms with Gasteiger partial charge in [0.2, 0.25) is 0 Å². The first-order chi connectivity index (χ1) is 12.6. The number of nitrogens with zero attached hydrogens (tertiary/aromatic N) is 1. The Morgan fingerprint density at radius 3 is 2.58 bits per heavy atom. The van der Waals surface area contributed by atoms with Crippen molar-refractivity contribution >= 4 is 34.2 Å². The van der Waals surface area contributed by atoms with Gasteiger partial charge in [0.05, 0.1) is 28.2 Å². The fraction of sp³-hybridized carbons (Fsp3) is 0.300. The van der Waals surface area contributed by atoms with E-state index in [0.29, 0.717) is 12.2 Å². The first kappa shape index (κ1) is 20.0. The molecule has 0 radical (unpaired) electrons. The molecule has 0 aliphatic rings. The van der Waals surface area contributed by atoms with Gasteiger partial charge in [-0.3, -0.25) is 4.79 Å². The average molecular weight is 464 g/mol. The Morgan fingerprint density at radius 2 is 1.96 bits per heavy atom. The highest BCUT2D eigenvalue weighted by Crippen LogP contribution is 2.28. The molecular formula is C20H21IN2O3. The fourth-order valence-electron chi connectivity index (χ4n) is 2.42. The molecular weight excluding hydrogens is 443 g/mol. The predicted molar refractivity (Wildman–Crippen MR) is 109 cm³/mol. The Hall–Kier alpha value is -2.27. The monoisotopic (exact) mass is 464 g/mol. The van der Waals surface area contributed by atoms with E-state index >= 15 is 0 Å². The molecule has 0 aromatic heterocycles. The molecule has 0 unspecified atom stereocenters. The van der Waals surface area contributed by atoms with Gasteiger partial charge in [-0.1, -0.05) is 13.0 Å². The van der Waals surface area contributed by atoms with Gasteiger partial charge in [-0.25, -0.2) is 0 Å². The first-order valence-electron chi connectivity index (χ1n) is 8.41. The van der Waals surface area contributed by atoms with E-state index < -0.39 is 0 Å². The van der Waals surface area contributed by atoms with Crippen LogP contribution >= 0.6 is 22.6 Å². The molecule has 2 aromatic carbocycles. The predicted octanol–water partition coefficient (Wildman–Crippen LogP) is 4.28. The molecule has 0 saturated carbocycles. The molecule has 2 aromatic rings. The van der Waals surface area contributed by atoms with Gasteiger partial charge >= 0.3 is 5.97 Å². The molecule has 0 atom stereocenters. The summed E-state index contributed by atoms with van der Waals surface area (Å²) in [5.74, 6) is 0.429. The number of aryl methyl sites for hydroxylation is 1. The van der Waals surface area contributed by atoms with E-state index in [1.165, 1.54) is 0 Å². The summed E-state index contributed by atoms with van der Waals surface area (Å²) >= 11 is 2.23. The Kier molecular flexibility index (Phi) is 7.73. The van der Waals surface area contributed by atoms with Crippen LogP contribution in [0.2, 0.25) is 0 Å². The van der Waals surface area contributed by atoms with Gasteiger partial charge in [0, 0.05) is 11.3 Å². The van der Waals surface area contributed by atoms with E-state index in [-0.39, 0.29) is 19.1 Å². The highest BCUT2D eigenvalue weighted by atomic mass is 127. The summed E-state index contributed by atoms with van der Waals surface area (Å²) in [6.07, 6.45) is 1.05. The third-order valence-corrected chi connectivity index (χ3v) is 4.54. The number of hydrogen-bond donors (Lipinski definition) is 1. The zero-order valence-corrected chi connectivity index (χ0v) is 17.0. The zero-order valence-electron chi connectivity index (χ0n) is 14.8. The molecule has 6 heteroatoms. The number of carbonyl (C=O) groups excluding carboxylic acids is 1. The van der Waals surface area contributed by atoms with E-state index in [1.807, 2.05) is 13.0 Å². The van der Waals surface area contributed by atoms with Crippen molar-refractivity contribution in [2.45, 2.75) is 26.7 Å². The van der Waals surface area contributed by atoms with Gasteiger partial charge in [-0.2, -0.15) is 5.26 Å². The van der Waals surface area contributed by atoms with Crippen molar-refractivity contribution in [3.05, 3.63) is 56.7 Å². The number of rotatable bonds is 8. The average Bonchev–Trinajstić information content (AvgIpc) is 2.64. The third kappa shape index (κ3) is 5.63. The minimum absolute atomic E-state index is 0.0687. The summed E-state index contributed by atoms with van der Waals surface area (Å²) in [6.45, 7) is 4.62. The highest BCUT2D eigenvalue weighted by Gasteiger charge is 2.14. The van der Waals surface area contributed by atoms with Crippen molar-refractivity contribution in [3.63, 3.8) is 0 Å². The number of nitrogens with one attached hydrogen (secondary N) is 1. The molecule has 26 heavy (non-hydrogen) atoms. The van der Waals surface area contributed by atoms with Gasteiger partial charge in [-0.05, 0) is 71.8 Å².